The molecule has 0 aliphatic carbocycles. The number of aryl methyl sites for hydroxylation is 1. The van der Waals surface area contributed by atoms with Gasteiger partial charge in [0.25, 0.3) is 5.91 Å². The van der Waals surface area contributed by atoms with Crippen molar-refractivity contribution in [2.45, 2.75) is 6.54 Å². The second kappa shape index (κ2) is 6.79. The van der Waals surface area contributed by atoms with E-state index in [-0.39, 0.29) is 18.4 Å². The highest BCUT2D eigenvalue weighted by atomic mass is 35.5. The van der Waals surface area contributed by atoms with Crippen molar-refractivity contribution in [1.29, 1.82) is 0 Å². The van der Waals surface area contributed by atoms with E-state index in [1.165, 1.54) is 6.20 Å². The minimum atomic E-state index is -0.335. The molecule has 0 radical (unpaired) electrons. The van der Waals surface area contributed by atoms with Gasteiger partial charge in [-0.25, -0.2) is 0 Å². The van der Waals surface area contributed by atoms with Gasteiger partial charge in [0.05, 0.1) is 36.1 Å². The molecule has 0 spiro atoms. The number of furan rings is 1. The molecular weight excluding hydrogens is 334 g/mol. The van der Waals surface area contributed by atoms with Crippen molar-refractivity contribution in [3.63, 3.8) is 0 Å². The van der Waals surface area contributed by atoms with Gasteiger partial charge in [-0.3, -0.25) is 14.3 Å². The fraction of sp³-hybridized carbons (Fsp3) is 0.267. The summed E-state index contributed by atoms with van der Waals surface area (Å²) in [6.45, 7) is 0.787. The van der Waals surface area contributed by atoms with E-state index >= 15 is 0 Å². The Morgan fingerprint density at radius 1 is 1.38 bits per heavy atom. The van der Waals surface area contributed by atoms with E-state index in [2.05, 4.69) is 15.7 Å². The second-order valence-electron chi connectivity index (χ2n) is 5.21. The van der Waals surface area contributed by atoms with Crippen molar-refractivity contribution >= 4 is 34.5 Å². The average Bonchev–Trinajstić information content (AvgIpc) is 3.24. The Kier molecular flexibility index (Phi) is 4.57. The molecule has 0 aromatic carbocycles. The number of carbonyl (C=O) groups is 2. The minimum absolute atomic E-state index is 0.106. The van der Waals surface area contributed by atoms with Gasteiger partial charge in [-0.05, 0) is 0 Å². The van der Waals surface area contributed by atoms with E-state index in [4.69, 9.17) is 16.0 Å². The van der Waals surface area contributed by atoms with Gasteiger partial charge in [0.2, 0.25) is 5.91 Å². The van der Waals surface area contributed by atoms with E-state index < -0.39 is 0 Å². The first-order chi connectivity index (χ1) is 11.5. The number of fused-ring (bicyclic) bond motifs is 1. The highest BCUT2D eigenvalue weighted by Gasteiger charge is 2.15. The quantitative estimate of drug-likeness (QED) is 0.698. The van der Waals surface area contributed by atoms with Gasteiger partial charge >= 0.3 is 0 Å². The molecular formula is C15H16ClN5O3. The second-order valence-corrected chi connectivity index (χ2v) is 5.65. The molecule has 24 heavy (non-hydrogen) atoms. The summed E-state index contributed by atoms with van der Waals surface area (Å²) in [4.78, 5) is 23.9. The molecule has 0 fully saturated rings. The molecule has 8 nitrogen and oxygen atoms in total. The van der Waals surface area contributed by atoms with Crippen LogP contribution in [-0.2, 0) is 18.4 Å². The van der Waals surface area contributed by atoms with Crippen molar-refractivity contribution < 1.29 is 14.0 Å². The van der Waals surface area contributed by atoms with E-state index in [1.807, 2.05) is 0 Å². The molecule has 9 heteroatoms. The van der Waals surface area contributed by atoms with Gasteiger partial charge in [0, 0.05) is 31.9 Å². The van der Waals surface area contributed by atoms with Crippen LogP contribution in [0.15, 0.2) is 35.2 Å². The summed E-state index contributed by atoms with van der Waals surface area (Å²) in [7, 11) is 1.77. The van der Waals surface area contributed by atoms with E-state index in [9.17, 15) is 9.59 Å². The molecule has 3 heterocycles. The van der Waals surface area contributed by atoms with E-state index in [1.54, 1.807) is 40.9 Å². The summed E-state index contributed by atoms with van der Waals surface area (Å²) in [5.74, 6) is -0.614. The van der Waals surface area contributed by atoms with Crippen LogP contribution in [0.3, 0.4) is 0 Å². The van der Waals surface area contributed by atoms with Crippen LogP contribution in [0, 0.1) is 0 Å². The van der Waals surface area contributed by atoms with Crippen molar-refractivity contribution in [3.05, 3.63) is 41.5 Å². The summed E-state index contributed by atoms with van der Waals surface area (Å²) in [6.07, 6.45) is 4.76. The highest BCUT2D eigenvalue weighted by Crippen LogP contribution is 2.19. The molecule has 3 rings (SSSR count). The zero-order valence-electron chi connectivity index (χ0n) is 13.0. The number of carbonyl (C=O) groups excluding carboxylic acids is 2. The smallest absolute Gasteiger partial charge is 0.268 e. The Morgan fingerprint density at radius 3 is 2.92 bits per heavy atom. The summed E-state index contributed by atoms with van der Waals surface area (Å²) < 4.78 is 8.60. The third kappa shape index (κ3) is 3.43. The van der Waals surface area contributed by atoms with Crippen LogP contribution in [0.4, 0.5) is 0 Å². The van der Waals surface area contributed by atoms with Crippen molar-refractivity contribution in [3.8, 4) is 0 Å². The van der Waals surface area contributed by atoms with Crippen molar-refractivity contribution in [1.82, 2.24) is 25.0 Å². The molecule has 3 aromatic rings. The maximum absolute atomic E-state index is 12.2. The molecule has 0 saturated heterocycles. The Bertz CT molecular complexity index is 879. The summed E-state index contributed by atoms with van der Waals surface area (Å²) in [6, 6.07) is 3.42. The van der Waals surface area contributed by atoms with Crippen LogP contribution in [0.25, 0.3) is 11.1 Å². The number of nitrogens with zero attached hydrogens (tertiary/aromatic N) is 3. The number of hydrogen-bond donors (Lipinski definition) is 2. The molecule has 0 aliphatic heterocycles. The Hall–Kier alpha value is -2.74. The normalized spacial score (nSPS) is 10.9. The van der Waals surface area contributed by atoms with Crippen molar-refractivity contribution in [2.75, 3.05) is 13.1 Å². The zero-order valence-corrected chi connectivity index (χ0v) is 13.7. The van der Waals surface area contributed by atoms with Gasteiger partial charge in [0.1, 0.15) is 5.69 Å². The summed E-state index contributed by atoms with van der Waals surface area (Å²) in [5.41, 5.74) is 1.89. The Balaban J connectivity index is 1.46. The monoisotopic (exact) mass is 349 g/mol. The van der Waals surface area contributed by atoms with Crippen LogP contribution in [-0.4, -0.2) is 39.3 Å². The molecule has 0 unspecified atom stereocenters. The van der Waals surface area contributed by atoms with Crippen LogP contribution in [0.1, 0.15) is 10.5 Å². The van der Waals surface area contributed by atoms with E-state index in [0.717, 1.165) is 5.52 Å². The largest absolute Gasteiger partial charge is 0.463 e. The predicted octanol–water partition coefficient (Wildman–Crippen LogP) is 1.17. The summed E-state index contributed by atoms with van der Waals surface area (Å²) in [5, 5.41) is 9.83. The zero-order chi connectivity index (χ0) is 17.1. The van der Waals surface area contributed by atoms with E-state index in [0.29, 0.717) is 29.4 Å². The minimum Gasteiger partial charge on any atom is -0.463 e. The Labute approximate surface area is 142 Å². The third-order valence-electron chi connectivity index (χ3n) is 3.57. The molecule has 0 aliphatic rings. The van der Waals surface area contributed by atoms with Crippen LogP contribution >= 0.6 is 11.6 Å². The lowest BCUT2D eigenvalue weighted by Gasteiger charge is -2.07. The number of nitrogens with one attached hydrogen (secondary N) is 2. The van der Waals surface area contributed by atoms with Gasteiger partial charge in [-0.2, -0.15) is 5.10 Å². The van der Waals surface area contributed by atoms with Crippen LogP contribution in [0.2, 0.25) is 5.02 Å². The lowest BCUT2D eigenvalue weighted by Crippen LogP contribution is -2.38. The average molecular weight is 350 g/mol. The number of amides is 2. The predicted molar refractivity (Wildman–Crippen MR) is 87.8 cm³/mol. The molecule has 0 atom stereocenters. The molecule has 2 N–H and O–H groups in total. The fourth-order valence-electron chi connectivity index (χ4n) is 2.35. The number of aromatic nitrogens is 3. The lowest BCUT2D eigenvalue weighted by molar-refractivity contribution is -0.120. The Morgan fingerprint density at radius 2 is 2.21 bits per heavy atom. The standard InChI is InChI=1S/C15H16ClN5O3/c1-20-11-2-5-24-13(11)6-12(20)15(23)18-8-14(22)17-3-4-21-9-10(16)7-19-21/h2,5-7,9H,3-4,8H2,1H3,(H,17,22)(H,18,23). The maximum atomic E-state index is 12.2. The lowest BCUT2D eigenvalue weighted by atomic mass is 10.4. The van der Waals surface area contributed by atoms with Gasteiger partial charge < -0.3 is 19.6 Å². The molecule has 3 aromatic heterocycles. The number of hydrogen-bond acceptors (Lipinski definition) is 4. The first-order valence-electron chi connectivity index (χ1n) is 7.30. The number of halogens is 1. The molecule has 126 valence electrons. The first kappa shape index (κ1) is 16.1. The highest BCUT2D eigenvalue weighted by molar-refractivity contribution is 6.30. The maximum Gasteiger partial charge on any atom is 0.268 e. The summed E-state index contributed by atoms with van der Waals surface area (Å²) >= 11 is 5.75. The van der Waals surface area contributed by atoms with Gasteiger partial charge in [0.15, 0.2) is 5.58 Å². The molecule has 2 amide bonds. The third-order valence-corrected chi connectivity index (χ3v) is 3.77. The van der Waals surface area contributed by atoms with Crippen LogP contribution < -0.4 is 10.6 Å². The molecule has 0 saturated carbocycles. The van der Waals surface area contributed by atoms with Crippen LogP contribution in [0.5, 0.6) is 0 Å². The van der Waals surface area contributed by atoms with Gasteiger partial charge in [-0.15, -0.1) is 0 Å². The van der Waals surface area contributed by atoms with Gasteiger partial charge in [-0.1, -0.05) is 11.6 Å². The SMILES string of the molecule is Cn1c(C(=O)NCC(=O)NCCn2cc(Cl)cn2)cc2occc21. The first-order valence-corrected chi connectivity index (χ1v) is 7.68. The fourth-order valence-corrected chi connectivity index (χ4v) is 2.51. The number of rotatable bonds is 6. The van der Waals surface area contributed by atoms with Crippen molar-refractivity contribution in [2.24, 2.45) is 7.05 Å². The molecule has 0 bridgehead atoms. The topological polar surface area (TPSA) is 94.1 Å².